The Morgan fingerprint density at radius 1 is 1.58 bits per heavy atom. The molecule has 1 aliphatic rings. The van der Waals surface area contributed by atoms with Crippen molar-refractivity contribution in [1.82, 2.24) is 10.6 Å². The SMILES string of the molecule is COC(=O)c1ccsc1CN[C@@H]1CCCCNC1=O. The van der Waals surface area contributed by atoms with E-state index in [1.165, 1.54) is 18.4 Å². The first-order valence-corrected chi connectivity index (χ1v) is 7.26. The summed E-state index contributed by atoms with van der Waals surface area (Å²) in [5.74, 6) is -0.281. The van der Waals surface area contributed by atoms with E-state index in [0.29, 0.717) is 12.1 Å². The van der Waals surface area contributed by atoms with Crippen molar-refractivity contribution in [1.29, 1.82) is 0 Å². The molecule has 0 spiro atoms. The number of amides is 1. The maximum absolute atomic E-state index is 11.8. The lowest BCUT2D eigenvalue weighted by molar-refractivity contribution is -0.122. The number of hydrogen-bond donors (Lipinski definition) is 2. The van der Waals surface area contributed by atoms with E-state index in [1.54, 1.807) is 6.07 Å². The zero-order valence-electron chi connectivity index (χ0n) is 10.9. The number of carbonyl (C=O) groups is 2. The van der Waals surface area contributed by atoms with Gasteiger partial charge in [-0.1, -0.05) is 0 Å². The van der Waals surface area contributed by atoms with Crippen LogP contribution in [0.1, 0.15) is 34.5 Å². The first-order chi connectivity index (χ1) is 9.22. The van der Waals surface area contributed by atoms with Crippen LogP contribution >= 0.6 is 11.3 Å². The second-order valence-electron chi connectivity index (χ2n) is 4.47. The molecule has 2 N–H and O–H groups in total. The first-order valence-electron chi connectivity index (χ1n) is 6.38. The van der Waals surface area contributed by atoms with E-state index in [2.05, 4.69) is 10.6 Å². The second kappa shape index (κ2) is 6.68. The van der Waals surface area contributed by atoms with Gasteiger partial charge < -0.3 is 15.4 Å². The molecule has 0 aromatic carbocycles. The highest BCUT2D eigenvalue weighted by atomic mass is 32.1. The van der Waals surface area contributed by atoms with Gasteiger partial charge in [0.15, 0.2) is 0 Å². The first kappa shape index (κ1) is 14.0. The van der Waals surface area contributed by atoms with Crippen LogP contribution in [0.2, 0.25) is 0 Å². The molecule has 0 saturated carbocycles. The van der Waals surface area contributed by atoms with E-state index in [-0.39, 0.29) is 17.9 Å². The molecule has 2 rings (SSSR count). The van der Waals surface area contributed by atoms with Gasteiger partial charge >= 0.3 is 5.97 Å². The Kier molecular flexibility index (Phi) is 4.93. The van der Waals surface area contributed by atoms with Crippen LogP contribution < -0.4 is 10.6 Å². The normalized spacial score (nSPS) is 19.6. The van der Waals surface area contributed by atoms with Crippen LogP contribution in [0.4, 0.5) is 0 Å². The van der Waals surface area contributed by atoms with E-state index in [1.807, 2.05) is 5.38 Å². The predicted molar refractivity (Wildman–Crippen MR) is 73.1 cm³/mol. The van der Waals surface area contributed by atoms with Crippen molar-refractivity contribution in [2.24, 2.45) is 0 Å². The Morgan fingerprint density at radius 3 is 3.21 bits per heavy atom. The molecule has 0 bridgehead atoms. The molecule has 1 atom stereocenters. The average molecular weight is 282 g/mol. The minimum absolute atomic E-state index is 0.0497. The molecule has 6 heteroatoms. The highest BCUT2D eigenvalue weighted by Gasteiger charge is 2.21. The standard InChI is InChI=1S/C13H18N2O3S/c1-18-13(17)9-5-7-19-11(9)8-15-10-4-2-3-6-14-12(10)16/h5,7,10,15H,2-4,6,8H2,1H3,(H,14,16)/t10-/m1/s1. The Bertz CT molecular complexity index is 458. The average Bonchev–Trinajstić information content (AvgIpc) is 2.79. The molecule has 19 heavy (non-hydrogen) atoms. The summed E-state index contributed by atoms with van der Waals surface area (Å²) in [6.07, 6.45) is 2.89. The lowest BCUT2D eigenvalue weighted by atomic mass is 10.1. The monoisotopic (exact) mass is 282 g/mol. The van der Waals surface area contributed by atoms with Crippen molar-refractivity contribution < 1.29 is 14.3 Å². The topological polar surface area (TPSA) is 67.4 Å². The molecule has 1 amide bonds. The highest BCUT2D eigenvalue weighted by molar-refractivity contribution is 7.10. The number of esters is 1. The minimum atomic E-state index is -0.330. The lowest BCUT2D eigenvalue weighted by Crippen LogP contribution is -2.42. The van der Waals surface area contributed by atoms with Crippen LogP contribution in [0, 0.1) is 0 Å². The fourth-order valence-electron chi connectivity index (χ4n) is 2.12. The second-order valence-corrected chi connectivity index (χ2v) is 5.47. The summed E-state index contributed by atoms with van der Waals surface area (Å²) in [7, 11) is 1.37. The Hall–Kier alpha value is -1.40. The lowest BCUT2D eigenvalue weighted by Gasteiger charge is -2.14. The van der Waals surface area contributed by atoms with Crippen LogP contribution in [-0.2, 0) is 16.1 Å². The van der Waals surface area contributed by atoms with Gasteiger partial charge in [0.1, 0.15) is 0 Å². The Morgan fingerprint density at radius 2 is 2.42 bits per heavy atom. The number of ether oxygens (including phenoxy) is 1. The van der Waals surface area contributed by atoms with Gasteiger partial charge in [-0.3, -0.25) is 4.79 Å². The van der Waals surface area contributed by atoms with Gasteiger partial charge in [0, 0.05) is 18.0 Å². The third-order valence-electron chi connectivity index (χ3n) is 3.20. The van der Waals surface area contributed by atoms with Crippen molar-refractivity contribution in [3.63, 3.8) is 0 Å². The summed E-state index contributed by atoms with van der Waals surface area (Å²) < 4.78 is 4.73. The molecule has 1 aromatic heterocycles. The van der Waals surface area contributed by atoms with E-state index in [4.69, 9.17) is 4.74 Å². The fraction of sp³-hybridized carbons (Fsp3) is 0.538. The number of nitrogens with one attached hydrogen (secondary N) is 2. The van der Waals surface area contributed by atoms with E-state index >= 15 is 0 Å². The van der Waals surface area contributed by atoms with E-state index in [9.17, 15) is 9.59 Å². The van der Waals surface area contributed by atoms with Crippen LogP contribution in [0.15, 0.2) is 11.4 Å². The van der Waals surface area contributed by atoms with Crippen molar-refractivity contribution in [2.45, 2.75) is 31.8 Å². The molecule has 1 saturated heterocycles. The fourth-order valence-corrected chi connectivity index (χ4v) is 2.93. The minimum Gasteiger partial charge on any atom is -0.465 e. The Balaban J connectivity index is 1.96. The van der Waals surface area contributed by atoms with Crippen LogP contribution in [0.5, 0.6) is 0 Å². The summed E-state index contributed by atoms with van der Waals surface area (Å²) in [6.45, 7) is 1.27. The molecule has 104 valence electrons. The third-order valence-corrected chi connectivity index (χ3v) is 4.12. The van der Waals surface area contributed by atoms with E-state index < -0.39 is 0 Å². The van der Waals surface area contributed by atoms with Gasteiger partial charge in [-0.05, 0) is 30.7 Å². The maximum Gasteiger partial charge on any atom is 0.339 e. The molecule has 0 radical (unpaired) electrons. The largest absolute Gasteiger partial charge is 0.465 e. The molecule has 2 heterocycles. The molecule has 5 nitrogen and oxygen atoms in total. The van der Waals surface area contributed by atoms with Gasteiger partial charge in [-0.25, -0.2) is 4.79 Å². The number of hydrogen-bond acceptors (Lipinski definition) is 5. The zero-order chi connectivity index (χ0) is 13.7. The van der Waals surface area contributed by atoms with Crippen LogP contribution in [0.3, 0.4) is 0 Å². The van der Waals surface area contributed by atoms with Crippen molar-refractivity contribution >= 4 is 23.2 Å². The summed E-state index contributed by atoms with van der Waals surface area (Å²) in [4.78, 5) is 24.2. The van der Waals surface area contributed by atoms with Crippen molar-refractivity contribution in [3.8, 4) is 0 Å². The molecule has 0 unspecified atom stereocenters. The molecule has 0 aliphatic carbocycles. The predicted octanol–water partition coefficient (Wildman–Crippen LogP) is 1.29. The van der Waals surface area contributed by atoms with Gasteiger partial charge in [-0.2, -0.15) is 0 Å². The summed E-state index contributed by atoms with van der Waals surface area (Å²) in [6, 6.07) is 1.58. The zero-order valence-corrected chi connectivity index (χ0v) is 11.7. The molecule has 1 aliphatic heterocycles. The summed E-state index contributed by atoms with van der Waals surface area (Å²) in [5.41, 5.74) is 0.578. The summed E-state index contributed by atoms with van der Waals surface area (Å²) >= 11 is 1.49. The quantitative estimate of drug-likeness (QED) is 0.817. The van der Waals surface area contributed by atoms with Gasteiger partial charge in [0.2, 0.25) is 5.91 Å². The van der Waals surface area contributed by atoms with Gasteiger partial charge in [0.05, 0.1) is 18.7 Å². The van der Waals surface area contributed by atoms with Crippen LogP contribution in [-0.4, -0.2) is 31.6 Å². The maximum atomic E-state index is 11.8. The molecular weight excluding hydrogens is 264 g/mol. The smallest absolute Gasteiger partial charge is 0.339 e. The molecule has 1 fully saturated rings. The Labute approximate surface area is 116 Å². The van der Waals surface area contributed by atoms with Crippen molar-refractivity contribution in [2.75, 3.05) is 13.7 Å². The van der Waals surface area contributed by atoms with E-state index in [0.717, 1.165) is 30.7 Å². The van der Waals surface area contributed by atoms with Crippen LogP contribution in [0.25, 0.3) is 0 Å². The number of rotatable bonds is 4. The molecular formula is C13H18N2O3S. The highest BCUT2D eigenvalue weighted by Crippen LogP contribution is 2.18. The summed E-state index contributed by atoms with van der Waals surface area (Å²) in [5, 5.41) is 7.96. The number of thiophene rings is 1. The third kappa shape index (κ3) is 3.54. The molecule has 1 aromatic rings. The van der Waals surface area contributed by atoms with Crippen molar-refractivity contribution in [3.05, 3.63) is 21.9 Å². The number of methoxy groups -OCH3 is 1. The van der Waals surface area contributed by atoms with Gasteiger partial charge in [0.25, 0.3) is 0 Å². The number of carbonyl (C=O) groups excluding carboxylic acids is 2. The van der Waals surface area contributed by atoms with Gasteiger partial charge in [-0.15, -0.1) is 11.3 Å².